The molecule has 0 saturated heterocycles. The fraction of sp³-hybridized carbons (Fsp3) is 0.278. The number of amides is 1. The van der Waals surface area contributed by atoms with Crippen molar-refractivity contribution in [2.24, 2.45) is 0 Å². The topological polar surface area (TPSA) is 56.8 Å². The average Bonchev–Trinajstić information content (AvgIpc) is 2.57. The zero-order chi connectivity index (χ0) is 17.4. The Bertz CT molecular complexity index is 673. The van der Waals surface area contributed by atoms with Gasteiger partial charge in [-0.3, -0.25) is 4.79 Å². The van der Waals surface area contributed by atoms with Gasteiger partial charge in [0.2, 0.25) is 0 Å². The summed E-state index contributed by atoms with van der Waals surface area (Å²) < 4.78 is 16.4. The highest BCUT2D eigenvalue weighted by Gasteiger charge is 2.10. The molecule has 0 radical (unpaired) electrons. The van der Waals surface area contributed by atoms with Crippen molar-refractivity contribution in [3.63, 3.8) is 0 Å². The Morgan fingerprint density at radius 3 is 2.29 bits per heavy atom. The maximum Gasteiger partial charge on any atom is 0.262 e. The first kappa shape index (κ1) is 17.9. The lowest BCUT2D eigenvalue weighted by Gasteiger charge is -2.14. The van der Waals surface area contributed by atoms with Gasteiger partial charge in [-0.25, -0.2) is 0 Å². The van der Waals surface area contributed by atoms with Crippen LogP contribution in [0.4, 0.5) is 5.69 Å². The first-order valence-electron chi connectivity index (χ1n) is 7.70. The van der Waals surface area contributed by atoms with Crippen molar-refractivity contribution >= 4 is 23.2 Å². The van der Waals surface area contributed by atoms with Crippen LogP contribution in [0.15, 0.2) is 42.5 Å². The Morgan fingerprint density at radius 1 is 0.958 bits per heavy atom. The second kappa shape index (κ2) is 9.03. The van der Waals surface area contributed by atoms with E-state index in [0.717, 1.165) is 0 Å². The van der Waals surface area contributed by atoms with Gasteiger partial charge in [-0.05, 0) is 50.2 Å². The van der Waals surface area contributed by atoms with Crippen molar-refractivity contribution in [3.05, 3.63) is 47.5 Å². The van der Waals surface area contributed by atoms with Gasteiger partial charge >= 0.3 is 0 Å². The summed E-state index contributed by atoms with van der Waals surface area (Å²) in [4.78, 5) is 12.1. The molecule has 1 N–H and O–H groups in total. The highest BCUT2D eigenvalue weighted by molar-refractivity contribution is 6.30. The Hall–Kier alpha value is -2.40. The fourth-order valence-corrected chi connectivity index (χ4v) is 2.14. The van der Waals surface area contributed by atoms with Crippen LogP contribution < -0.4 is 19.5 Å². The smallest absolute Gasteiger partial charge is 0.262 e. The highest BCUT2D eigenvalue weighted by Crippen LogP contribution is 2.29. The zero-order valence-electron chi connectivity index (χ0n) is 13.7. The molecule has 1 amide bonds. The number of benzene rings is 2. The van der Waals surface area contributed by atoms with E-state index >= 15 is 0 Å². The van der Waals surface area contributed by atoms with Crippen LogP contribution in [0.2, 0.25) is 5.02 Å². The molecule has 0 bridgehead atoms. The maximum absolute atomic E-state index is 12.1. The molecule has 0 aliphatic carbocycles. The lowest BCUT2D eigenvalue weighted by molar-refractivity contribution is -0.118. The lowest BCUT2D eigenvalue weighted by atomic mass is 10.2. The molecular formula is C18H20ClNO4. The average molecular weight is 350 g/mol. The zero-order valence-corrected chi connectivity index (χ0v) is 14.4. The molecule has 0 atom stereocenters. The number of nitrogens with one attached hydrogen (secondary N) is 1. The molecule has 0 aromatic heterocycles. The number of rotatable bonds is 8. The molecule has 0 saturated carbocycles. The second-order valence-corrected chi connectivity index (χ2v) is 5.25. The van der Waals surface area contributed by atoms with Crippen molar-refractivity contribution < 1.29 is 19.0 Å². The minimum Gasteiger partial charge on any atom is -0.494 e. The van der Waals surface area contributed by atoms with E-state index in [1.807, 2.05) is 13.8 Å². The lowest BCUT2D eigenvalue weighted by Crippen LogP contribution is -2.20. The molecule has 2 rings (SSSR count). The monoisotopic (exact) mass is 349 g/mol. The van der Waals surface area contributed by atoms with Crippen LogP contribution in [0.3, 0.4) is 0 Å². The van der Waals surface area contributed by atoms with Crippen molar-refractivity contribution in [2.75, 3.05) is 25.1 Å². The predicted octanol–water partition coefficient (Wildman–Crippen LogP) is 4.15. The summed E-state index contributed by atoms with van der Waals surface area (Å²) in [6.45, 7) is 4.70. The third-order valence-corrected chi connectivity index (χ3v) is 3.27. The molecule has 2 aromatic rings. The Balaban J connectivity index is 2.00. The number of anilines is 1. The summed E-state index contributed by atoms with van der Waals surface area (Å²) in [6.07, 6.45) is 0. The molecule has 2 aromatic carbocycles. The normalized spacial score (nSPS) is 10.1. The summed E-state index contributed by atoms with van der Waals surface area (Å²) in [5.74, 6) is 1.53. The molecule has 0 spiro atoms. The van der Waals surface area contributed by atoms with Crippen molar-refractivity contribution in [3.8, 4) is 17.2 Å². The summed E-state index contributed by atoms with van der Waals surface area (Å²) >= 11 is 5.81. The minimum absolute atomic E-state index is 0.119. The molecule has 24 heavy (non-hydrogen) atoms. The molecule has 0 aliphatic rings. The Kier molecular flexibility index (Phi) is 6.75. The van der Waals surface area contributed by atoms with Crippen LogP contribution in [-0.4, -0.2) is 25.7 Å². The molecule has 128 valence electrons. The van der Waals surface area contributed by atoms with Gasteiger partial charge in [-0.1, -0.05) is 11.6 Å². The highest BCUT2D eigenvalue weighted by atomic mass is 35.5. The van der Waals surface area contributed by atoms with Gasteiger partial charge in [0.15, 0.2) is 6.61 Å². The van der Waals surface area contributed by atoms with Gasteiger partial charge in [-0.15, -0.1) is 0 Å². The number of carbonyl (C=O) groups is 1. The first-order chi connectivity index (χ1) is 11.6. The van der Waals surface area contributed by atoms with Gasteiger partial charge < -0.3 is 19.5 Å². The van der Waals surface area contributed by atoms with Crippen molar-refractivity contribution in [1.29, 1.82) is 0 Å². The number of halogens is 1. The summed E-state index contributed by atoms with van der Waals surface area (Å²) in [5.41, 5.74) is 0.549. The van der Waals surface area contributed by atoms with E-state index in [0.29, 0.717) is 41.2 Å². The third kappa shape index (κ3) is 5.35. The number of ether oxygens (including phenoxy) is 3. The number of hydrogen-bond acceptors (Lipinski definition) is 4. The minimum atomic E-state index is -0.292. The molecule has 0 heterocycles. The van der Waals surface area contributed by atoms with Crippen LogP contribution in [0, 0.1) is 0 Å². The van der Waals surface area contributed by atoms with E-state index in [-0.39, 0.29) is 12.5 Å². The molecule has 0 fully saturated rings. The first-order valence-corrected chi connectivity index (χ1v) is 8.08. The van der Waals surface area contributed by atoms with Gasteiger partial charge in [-0.2, -0.15) is 0 Å². The predicted molar refractivity (Wildman–Crippen MR) is 94.4 cm³/mol. The van der Waals surface area contributed by atoms with Gasteiger partial charge in [0, 0.05) is 11.1 Å². The standard InChI is InChI=1S/C18H20ClNO4/c1-3-22-15-9-10-17(23-4-2)16(11-15)20-18(21)12-24-14-7-5-13(19)6-8-14/h5-11H,3-4,12H2,1-2H3,(H,20,21). The van der Waals surface area contributed by atoms with E-state index in [1.54, 1.807) is 42.5 Å². The van der Waals surface area contributed by atoms with E-state index in [9.17, 15) is 4.79 Å². The third-order valence-electron chi connectivity index (χ3n) is 3.02. The van der Waals surface area contributed by atoms with Crippen LogP contribution in [-0.2, 0) is 4.79 Å². The van der Waals surface area contributed by atoms with E-state index in [1.165, 1.54) is 0 Å². The summed E-state index contributed by atoms with van der Waals surface area (Å²) in [7, 11) is 0. The summed E-state index contributed by atoms with van der Waals surface area (Å²) in [5, 5.41) is 3.39. The second-order valence-electron chi connectivity index (χ2n) is 4.81. The Labute approximate surface area is 146 Å². The van der Waals surface area contributed by atoms with Gasteiger partial charge in [0.05, 0.1) is 18.9 Å². The van der Waals surface area contributed by atoms with Crippen LogP contribution in [0.1, 0.15) is 13.8 Å². The molecule has 5 nitrogen and oxygen atoms in total. The summed E-state index contributed by atoms with van der Waals surface area (Å²) in [6, 6.07) is 12.1. The molecule has 0 unspecified atom stereocenters. The van der Waals surface area contributed by atoms with Gasteiger partial charge in [0.1, 0.15) is 17.2 Å². The van der Waals surface area contributed by atoms with Crippen LogP contribution >= 0.6 is 11.6 Å². The van der Waals surface area contributed by atoms with Crippen LogP contribution in [0.25, 0.3) is 0 Å². The van der Waals surface area contributed by atoms with E-state index < -0.39 is 0 Å². The van der Waals surface area contributed by atoms with E-state index in [2.05, 4.69) is 5.32 Å². The SMILES string of the molecule is CCOc1ccc(OCC)c(NC(=O)COc2ccc(Cl)cc2)c1. The fourth-order valence-electron chi connectivity index (χ4n) is 2.01. The molecular weight excluding hydrogens is 330 g/mol. The Morgan fingerprint density at radius 2 is 1.62 bits per heavy atom. The van der Waals surface area contributed by atoms with Gasteiger partial charge in [0.25, 0.3) is 5.91 Å². The van der Waals surface area contributed by atoms with Crippen molar-refractivity contribution in [2.45, 2.75) is 13.8 Å². The molecule has 6 heteroatoms. The quantitative estimate of drug-likeness (QED) is 0.777. The number of hydrogen-bond donors (Lipinski definition) is 1. The van der Waals surface area contributed by atoms with E-state index in [4.69, 9.17) is 25.8 Å². The van der Waals surface area contributed by atoms with Crippen LogP contribution in [0.5, 0.6) is 17.2 Å². The number of carbonyl (C=O) groups excluding carboxylic acids is 1. The maximum atomic E-state index is 12.1. The largest absolute Gasteiger partial charge is 0.494 e. The molecule has 0 aliphatic heterocycles. The van der Waals surface area contributed by atoms with Crippen molar-refractivity contribution in [1.82, 2.24) is 0 Å².